The number of amides is 1. The molecule has 2 rings (SSSR count). The number of halogens is 3. The Balaban J connectivity index is 2.61. The van der Waals surface area contributed by atoms with Crippen molar-refractivity contribution in [1.29, 1.82) is 0 Å². The van der Waals surface area contributed by atoms with E-state index in [2.05, 4.69) is 10.4 Å². The summed E-state index contributed by atoms with van der Waals surface area (Å²) in [4.78, 5) is 35.5. The Morgan fingerprint density at radius 1 is 1.18 bits per heavy atom. The van der Waals surface area contributed by atoms with Crippen LogP contribution in [0.15, 0.2) is 30.3 Å². The first-order chi connectivity index (χ1) is 15.6. The number of rotatable bonds is 7. The summed E-state index contributed by atoms with van der Waals surface area (Å²) < 4.78 is 50.8. The van der Waals surface area contributed by atoms with Crippen LogP contribution in [0.1, 0.15) is 56.4 Å². The molecule has 1 atom stereocenters. The minimum absolute atomic E-state index is 0.0936. The number of benzene rings is 1. The van der Waals surface area contributed by atoms with Gasteiger partial charge in [-0.3, -0.25) is 14.8 Å². The van der Waals surface area contributed by atoms with Crippen molar-refractivity contribution in [2.75, 3.05) is 6.61 Å². The molecule has 0 saturated heterocycles. The Bertz CT molecular complexity index is 1080. The Hall–Kier alpha value is -3.64. The van der Waals surface area contributed by atoms with Crippen molar-refractivity contribution in [3.63, 3.8) is 0 Å². The van der Waals surface area contributed by atoms with Crippen LogP contribution in [0.2, 0.25) is 0 Å². The van der Waals surface area contributed by atoms with E-state index in [1.165, 1.54) is 32.0 Å². The maximum absolute atomic E-state index is 13.3. The van der Waals surface area contributed by atoms with Crippen molar-refractivity contribution < 1.29 is 37.2 Å². The van der Waals surface area contributed by atoms with Crippen molar-refractivity contribution in [3.8, 4) is 0 Å². The van der Waals surface area contributed by atoms with Gasteiger partial charge < -0.3 is 14.8 Å². The maximum atomic E-state index is 13.3. The van der Waals surface area contributed by atoms with E-state index >= 15 is 0 Å². The second kappa shape index (κ2) is 9.69. The zero-order chi connectivity index (χ0) is 25.9. The fourth-order valence-electron chi connectivity index (χ4n) is 3.04. The lowest BCUT2D eigenvalue weighted by Crippen LogP contribution is -2.49. The molecule has 0 aliphatic heterocycles. The molecule has 1 aromatic heterocycles. The molecule has 2 aromatic rings. The van der Waals surface area contributed by atoms with E-state index in [1.54, 1.807) is 20.8 Å². The highest BCUT2D eigenvalue weighted by Crippen LogP contribution is 2.31. The SMILES string of the molecule is CCOC(=O)c1cc(C(F)(F)F)nn1CC(C)(NC(=O)OC(C)(C)C)c1cccc([N+](=O)[O-])c1. The standard InChI is InChI=1S/C21H25F3N4O6/c1-6-33-17(29)15-11-16(21(22,23)24)26-27(15)12-20(5,25-18(30)34-19(2,3)4)13-8-7-9-14(10-13)28(31)32/h7-11H,6,12H2,1-5H3,(H,25,30). The number of nitro benzene ring substituents is 1. The molecular formula is C21H25F3N4O6. The van der Waals surface area contributed by atoms with Gasteiger partial charge >= 0.3 is 18.2 Å². The minimum atomic E-state index is -4.85. The third kappa shape index (κ3) is 6.68. The zero-order valence-corrected chi connectivity index (χ0v) is 19.2. The Morgan fingerprint density at radius 2 is 1.82 bits per heavy atom. The first-order valence-electron chi connectivity index (χ1n) is 10.1. The molecule has 0 radical (unpaired) electrons. The molecule has 0 aliphatic carbocycles. The second-order valence-electron chi connectivity index (χ2n) is 8.56. The van der Waals surface area contributed by atoms with Crippen molar-refractivity contribution in [2.45, 2.75) is 58.5 Å². The summed E-state index contributed by atoms with van der Waals surface area (Å²) >= 11 is 0. The van der Waals surface area contributed by atoms with Gasteiger partial charge in [-0.15, -0.1) is 0 Å². The number of alkyl halides is 3. The Morgan fingerprint density at radius 3 is 2.35 bits per heavy atom. The van der Waals surface area contributed by atoms with E-state index in [4.69, 9.17) is 9.47 Å². The van der Waals surface area contributed by atoms with Gasteiger partial charge in [-0.1, -0.05) is 12.1 Å². The molecule has 1 N–H and O–H groups in total. The van der Waals surface area contributed by atoms with Crippen LogP contribution in [-0.2, 0) is 27.7 Å². The lowest BCUT2D eigenvalue weighted by atomic mass is 9.91. The summed E-state index contributed by atoms with van der Waals surface area (Å²) in [5, 5.41) is 17.3. The molecule has 1 amide bonds. The van der Waals surface area contributed by atoms with Crippen LogP contribution < -0.4 is 5.32 Å². The van der Waals surface area contributed by atoms with E-state index in [1.807, 2.05) is 0 Å². The second-order valence-corrected chi connectivity index (χ2v) is 8.56. The molecule has 0 aliphatic rings. The van der Waals surface area contributed by atoms with E-state index in [-0.39, 0.29) is 17.9 Å². The van der Waals surface area contributed by atoms with Crippen molar-refractivity contribution >= 4 is 17.7 Å². The largest absolute Gasteiger partial charge is 0.461 e. The van der Waals surface area contributed by atoms with E-state index < -0.39 is 52.2 Å². The maximum Gasteiger partial charge on any atom is 0.435 e. The lowest BCUT2D eigenvalue weighted by molar-refractivity contribution is -0.385. The fourth-order valence-corrected chi connectivity index (χ4v) is 3.04. The topological polar surface area (TPSA) is 126 Å². The molecule has 0 fully saturated rings. The van der Waals surface area contributed by atoms with Gasteiger partial charge in [0.2, 0.25) is 0 Å². The average Bonchev–Trinajstić information content (AvgIpc) is 3.10. The van der Waals surface area contributed by atoms with Crippen molar-refractivity contribution in [1.82, 2.24) is 15.1 Å². The number of alkyl carbamates (subject to hydrolysis) is 1. The van der Waals surface area contributed by atoms with E-state index in [9.17, 15) is 32.9 Å². The van der Waals surface area contributed by atoms with Gasteiger partial charge in [0.25, 0.3) is 5.69 Å². The molecule has 13 heteroatoms. The summed E-state index contributed by atoms with van der Waals surface area (Å²) in [7, 11) is 0. The number of nitrogens with zero attached hydrogens (tertiary/aromatic N) is 3. The summed E-state index contributed by atoms with van der Waals surface area (Å²) in [5.41, 5.74) is -4.46. The quantitative estimate of drug-likeness (QED) is 0.349. The van der Waals surface area contributed by atoms with E-state index in [0.29, 0.717) is 6.07 Å². The van der Waals surface area contributed by atoms with Crippen LogP contribution in [0.25, 0.3) is 0 Å². The molecular weight excluding hydrogens is 461 g/mol. The van der Waals surface area contributed by atoms with Gasteiger partial charge in [0.1, 0.15) is 11.3 Å². The first-order valence-corrected chi connectivity index (χ1v) is 10.1. The highest BCUT2D eigenvalue weighted by Gasteiger charge is 2.39. The number of carbonyl (C=O) groups is 2. The number of nitrogens with one attached hydrogen (secondary N) is 1. The Labute approximate surface area is 193 Å². The Kier molecular flexibility index (Phi) is 7.59. The number of non-ortho nitro benzene ring substituents is 1. The van der Waals surface area contributed by atoms with Crippen LogP contribution in [-0.4, -0.2) is 39.0 Å². The van der Waals surface area contributed by atoms with Gasteiger partial charge in [-0.25, -0.2) is 9.59 Å². The van der Waals surface area contributed by atoms with Crippen LogP contribution in [0, 0.1) is 10.1 Å². The van der Waals surface area contributed by atoms with Crippen LogP contribution in [0.3, 0.4) is 0 Å². The summed E-state index contributed by atoms with van der Waals surface area (Å²) in [6, 6.07) is 5.73. The van der Waals surface area contributed by atoms with Crippen molar-refractivity contribution in [2.24, 2.45) is 0 Å². The summed E-state index contributed by atoms with van der Waals surface area (Å²) in [5.74, 6) is -1.05. The molecule has 0 saturated carbocycles. The molecule has 34 heavy (non-hydrogen) atoms. The number of hydrogen-bond donors (Lipinski definition) is 1. The van der Waals surface area contributed by atoms with Crippen molar-refractivity contribution in [3.05, 3.63) is 57.4 Å². The summed E-state index contributed by atoms with van der Waals surface area (Å²) in [6.07, 6.45) is -5.78. The molecule has 1 unspecified atom stereocenters. The smallest absolute Gasteiger partial charge is 0.435 e. The molecule has 186 valence electrons. The number of nitro groups is 1. The highest BCUT2D eigenvalue weighted by atomic mass is 19.4. The molecule has 0 spiro atoms. The van der Waals surface area contributed by atoms with Gasteiger partial charge in [-0.05, 0) is 40.2 Å². The van der Waals surface area contributed by atoms with Crippen LogP contribution in [0.4, 0.5) is 23.7 Å². The van der Waals surface area contributed by atoms with Gasteiger partial charge in [0.05, 0.1) is 23.6 Å². The fraction of sp³-hybridized carbons (Fsp3) is 0.476. The van der Waals surface area contributed by atoms with Gasteiger partial charge in [-0.2, -0.15) is 18.3 Å². The molecule has 1 heterocycles. The van der Waals surface area contributed by atoms with Crippen LogP contribution in [0.5, 0.6) is 0 Å². The lowest BCUT2D eigenvalue weighted by Gasteiger charge is -2.32. The predicted molar refractivity (Wildman–Crippen MR) is 113 cm³/mol. The zero-order valence-electron chi connectivity index (χ0n) is 19.2. The number of esters is 1. The van der Waals surface area contributed by atoms with Gasteiger partial charge in [0.15, 0.2) is 5.69 Å². The highest BCUT2D eigenvalue weighted by molar-refractivity contribution is 5.87. The number of hydrogen-bond acceptors (Lipinski definition) is 7. The monoisotopic (exact) mass is 486 g/mol. The van der Waals surface area contributed by atoms with Gasteiger partial charge in [0, 0.05) is 18.2 Å². The number of aromatic nitrogens is 2. The third-order valence-corrected chi connectivity index (χ3v) is 4.49. The average molecular weight is 486 g/mol. The number of ether oxygens (including phenoxy) is 2. The predicted octanol–water partition coefficient (Wildman–Crippen LogP) is 4.43. The summed E-state index contributed by atoms with van der Waals surface area (Å²) in [6.45, 7) is 7.14. The molecule has 0 bridgehead atoms. The minimum Gasteiger partial charge on any atom is -0.461 e. The first kappa shape index (κ1) is 26.6. The molecule has 10 nitrogen and oxygen atoms in total. The molecule has 1 aromatic carbocycles. The third-order valence-electron chi connectivity index (χ3n) is 4.49. The van der Waals surface area contributed by atoms with Crippen LogP contribution >= 0.6 is 0 Å². The number of carbonyl (C=O) groups excluding carboxylic acids is 2. The normalized spacial score (nSPS) is 13.6. The van der Waals surface area contributed by atoms with E-state index in [0.717, 1.165) is 10.7 Å².